The van der Waals surface area contributed by atoms with Gasteiger partial charge in [-0.2, -0.15) is 0 Å². The van der Waals surface area contributed by atoms with E-state index in [-0.39, 0.29) is 16.9 Å². The predicted octanol–water partition coefficient (Wildman–Crippen LogP) is 1.24. The second-order valence-corrected chi connectivity index (χ2v) is 3.72. The number of hydrogen-bond donors (Lipinski definition) is 1. The maximum atomic E-state index is 12.9. The summed E-state index contributed by atoms with van der Waals surface area (Å²) in [6, 6.07) is 4.12. The molecule has 3 nitrogen and oxygen atoms in total. The Morgan fingerprint density at radius 2 is 2.27 bits per heavy atom. The highest BCUT2D eigenvalue weighted by atomic mass is 32.1. The molecule has 1 fully saturated rings. The number of thiocarbonyl (C=S) groups is 1. The monoisotopic (exact) mass is 227 g/mol. The van der Waals surface area contributed by atoms with Crippen LogP contribution in [-0.2, 0) is 4.74 Å². The molecular formula is C10H10FNO2S. The normalized spacial score (nSPS) is 15.8. The van der Waals surface area contributed by atoms with Gasteiger partial charge in [0.25, 0.3) is 0 Å². The first-order valence-electron chi connectivity index (χ1n) is 4.50. The standard InChI is InChI=1S/C10H10FNO2S/c11-6-1-2-9(8(3-6)10(12)15)14-7-4-13-5-7/h1-3,7H,4-5H2,(H2,12,15). The van der Waals surface area contributed by atoms with Crippen molar-refractivity contribution in [2.24, 2.45) is 5.73 Å². The number of ether oxygens (including phenoxy) is 2. The molecule has 0 amide bonds. The van der Waals surface area contributed by atoms with Crippen molar-refractivity contribution in [2.45, 2.75) is 6.10 Å². The van der Waals surface area contributed by atoms with Crippen LogP contribution in [-0.4, -0.2) is 24.3 Å². The lowest BCUT2D eigenvalue weighted by molar-refractivity contribution is -0.0797. The summed E-state index contributed by atoms with van der Waals surface area (Å²) in [6.07, 6.45) is 0.0172. The van der Waals surface area contributed by atoms with E-state index in [4.69, 9.17) is 27.4 Å². The maximum Gasteiger partial charge on any atom is 0.145 e. The van der Waals surface area contributed by atoms with Crippen LogP contribution in [0.1, 0.15) is 5.56 Å². The van der Waals surface area contributed by atoms with Gasteiger partial charge in [-0.3, -0.25) is 0 Å². The predicted molar refractivity (Wildman–Crippen MR) is 57.5 cm³/mol. The Hall–Kier alpha value is -1.20. The molecule has 0 radical (unpaired) electrons. The van der Waals surface area contributed by atoms with Gasteiger partial charge in [0.1, 0.15) is 22.7 Å². The van der Waals surface area contributed by atoms with E-state index in [1.165, 1.54) is 18.2 Å². The van der Waals surface area contributed by atoms with Gasteiger partial charge in [0.05, 0.1) is 18.8 Å². The van der Waals surface area contributed by atoms with Gasteiger partial charge in [-0.25, -0.2) is 4.39 Å². The quantitative estimate of drug-likeness (QED) is 0.789. The van der Waals surface area contributed by atoms with Crippen molar-refractivity contribution in [1.29, 1.82) is 0 Å². The molecule has 0 spiro atoms. The first kappa shape index (κ1) is 10.3. The average Bonchev–Trinajstić information content (AvgIpc) is 2.12. The molecule has 2 rings (SSSR count). The molecule has 1 saturated heterocycles. The third-order valence-corrected chi connectivity index (χ3v) is 2.33. The highest BCUT2D eigenvalue weighted by molar-refractivity contribution is 7.80. The molecule has 1 aliphatic heterocycles. The Balaban J connectivity index is 2.23. The lowest BCUT2D eigenvalue weighted by Crippen LogP contribution is -2.39. The number of nitrogens with two attached hydrogens (primary N) is 1. The zero-order valence-corrected chi connectivity index (χ0v) is 8.72. The second kappa shape index (κ2) is 4.12. The average molecular weight is 227 g/mol. The highest BCUT2D eigenvalue weighted by Gasteiger charge is 2.21. The van der Waals surface area contributed by atoms with Crippen LogP contribution < -0.4 is 10.5 Å². The van der Waals surface area contributed by atoms with E-state index in [9.17, 15) is 4.39 Å². The van der Waals surface area contributed by atoms with E-state index in [1.807, 2.05) is 0 Å². The molecule has 1 aromatic carbocycles. The molecular weight excluding hydrogens is 217 g/mol. The van der Waals surface area contributed by atoms with Crippen LogP contribution in [0.2, 0.25) is 0 Å². The molecule has 0 saturated carbocycles. The Morgan fingerprint density at radius 1 is 1.53 bits per heavy atom. The Morgan fingerprint density at radius 3 is 2.80 bits per heavy atom. The minimum atomic E-state index is -0.380. The zero-order chi connectivity index (χ0) is 10.8. The first-order chi connectivity index (χ1) is 7.16. The van der Waals surface area contributed by atoms with E-state index < -0.39 is 0 Å². The van der Waals surface area contributed by atoms with Gasteiger partial charge in [-0.1, -0.05) is 12.2 Å². The SMILES string of the molecule is NC(=S)c1cc(F)ccc1OC1COC1. The van der Waals surface area contributed by atoms with E-state index in [0.717, 1.165) is 0 Å². The number of halogens is 1. The topological polar surface area (TPSA) is 44.5 Å². The summed E-state index contributed by atoms with van der Waals surface area (Å²) in [5.74, 6) is 0.132. The molecule has 80 valence electrons. The van der Waals surface area contributed by atoms with Gasteiger partial charge in [0.15, 0.2) is 0 Å². The Kier molecular flexibility index (Phi) is 2.83. The number of benzene rings is 1. The fraction of sp³-hybridized carbons (Fsp3) is 0.300. The van der Waals surface area contributed by atoms with Crippen molar-refractivity contribution in [1.82, 2.24) is 0 Å². The van der Waals surface area contributed by atoms with Crippen LogP contribution in [0.5, 0.6) is 5.75 Å². The molecule has 0 bridgehead atoms. The van der Waals surface area contributed by atoms with Gasteiger partial charge >= 0.3 is 0 Å². The molecule has 5 heteroatoms. The van der Waals surface area contributed by atoms with Gasteiger partial charge in [0, 0.05) is 0 Å². The van der Waals surface area contributed by atoms with Gasteiger partial charge in [-0.05, 0) is 18.2 Å². The van der Waals surface area contributed by atoms with Crippen LogP contribution in [0.15, 0.2) is 18.2 Å². The summed E-state index contributed by atoms with van der Waals surface area (Å²) < 4.78 is 23.5. The number of rotatable bonds is 3. The van der Waals surface area contributed by atoms with Crippen LogP contribution in [0.4, 0.5) is 4.39 Å². The third-order valence-electron chi connectivity index (χ3n) is 2.11. The molecule has 0 atom stereocenters. The van der Waals surface area contributed by atoms with Crippen molar-refractivity contribution < 1.29 is 13.9 Å². The summed E-state index contributed by atoms with van der Waals surface area (Å²) in [7, 11) is 0. The Bertz CT molecular complexity index is 393. The van der Waals surface area contributed by atoms with Crippen molar-refractivity contribution in [3.8, 4) is 5.75 Å². The van der Waals surface area contributed by atoms with Gasteiger partial charge in [-0.15, -0.1) is 0 Å². The van der Waals surface area contributed by atoms with Crippen LogP contribution >= 0.6 is 12.2 Å². The van der Waals surface area contributed by atoms with Crippen molar-refractivity contribution in [3.63, 3.8) is 0 Å². The van der Waals surface area contributed by atoms with Crippen LogP contribution in [0.3, 0.4) is 0 Å². The summed E-state index contributed by atoms with van der Waals surface area (Å²) >= 11 is 4.82. The zero-order valence-electron chi connectivity index (χ0n) is 7.90. The second-order valence-electron chi connectivity index (χ2n) is 3.28. The van der Waals surface area contributed by atoms with Crippen molar-refractivity contribution in [2.75, 3.05) is 13.2 Å². The lowest BCUT2D eigenvalue weighted by atomic mass is 10.2. The molecule has 0 aliphatic carbocycles. The fourth-order valence-electron chi connectivity index (χ4n) is 1.26. The molecule has 0 unspecified atom stereocenters. The molecule has 2 N–H and O–H groups in total. The fourth-order valence-corrected chi connectivity index (χ4v) is 1.42. The van der Waals surface area contributed by atoms with Crippen molar-refractivity contribution in [3.05, 3.63) is 29.6 Å². The van der Waals surface area contributed by atoms with Crippen LogP contribution in [0.25, 0.3) is 0 Å². The lowest BCUT2D eigenvalue weighted by Gasteiger charge is -2.27. The van der Waals surface area contributed by atoms with E-state index >= 15 is 0 Å². The van der Waals surface area contributed by atoms with Gasteiger partial charge in [0.2, 0.25) is 0 Å². The largest absolute Gasteiger partial charge is 0.485 e. The summed E-state index contributed by atoms with van der Waals surface area (Å²) in [4.78, 5) is 0.129. The van der Waals surface area contributed by atoms with E-state index in [1.54, 1.807) is 0 Å². The maximum absolute atomic E-state index is 12.9. The molecule has 1 aromatic rings. The van der Waals surface area contributed by atoms with E-state index in [0.29, 0.717) is 24.5 Å². The molecule has 1 heterocycles. The molecule has 1 aliphatic rings. The first-order valence-corrected chi connectivity index (χ1v) is 4.91. The third kappa shape index (κ3) is 2.24. The van der Waals surface area contributed by atoms with Crippen molar-refractivity contribution >= 4 is 17.2 Å². The summed E-state index contributed by atoms with van der Waals surface area (Å²) in [6.45, 7) is 1.10. The number of hydrogen-bond acceptors (Lipinski definition) is 3. The van der Waals surface area contributed by atoms with E-state index in [2.05, 4.69) is 0 Å². The summed E-state index contributed by atoms with van der Waals surface area (Å²) in [5, 5.41) is 0. The smallest absolute Gasteiger partial charge is 0.145 e. The minimum Gasteiger partial charge on any atom is -0.485 e. The van der Waals surface area contributed by atoms with Crippen LogP contribution in [0, 0.1) is 5.82 Å². The summed E-state index contributed by atoms with van der Waals surface area (Å²) in [5.41, 5.74) is 5.90. The minimum absolute atomic E-state index is 0.0172. The highest BCUT2D eigenvalue weighted by Crippen LogP contribution is 2.22. The Labute approximate surface area is 92.0 Å². The van der Waals surface area contributed by atoms with Gasteiger partial charge < -0.3 is 15.2 Å². The molecule has 15 heavy (non-hydrogen) atoms. The molecule has 0 aromatic heterocycles.